The Balaban J connectivity index is 2.66. The van der Waals surface area contributed by atoms with Crippen LogP contribution in [0.1, 0.15) is 0 Å². The number of hydrogen-bond donors (Lipinski definition) is 2. The molecule has 0 fully saturated rings. The van der Waals surface area contributed by atoms with Crippen LogP contribution < -0.4 is 4.18 Å². The van der Waals surface area contributed by atoms with Gasteiger partial charge in [-0.1, -0.05) is 24.3 Å². The summed E-state index contributed by atoms with van der Waals surface area (Å²) in [6.07, 6.45) is 0. The molecule has 0 spiro atoms. The zero-order valence-corrected chi connectivity index (χ0v) is 8.40. The van der Waals surface area contributed by atoms with Crippen molar-refractivity contribution >= 4 is 22.1 Å². The minimum atomic E-state index is -2.36. The van der Waals surface area contributed by atoms with Crippen molar-refractivity contribution in [3.63, 3.8) is 0 Å². The van der Waals surface area contributed by atoms with E-state index in [2.05, 4.69) is 0 Å². The first-order valence-electron chi connectivity index (χ1n) is 4.18. The van der Waals surface area contributed by atoms with Gasteiger partial charge >= 0.3 is 11.4 Å². The number of phenolic OH excluding ortho intramolecular Hbond substituents is 1. The number of aromatic hydroxyl groups is 1. The van der Waals surface area contributed by atoms with Crippen molar-refractivity contribution in [2.75, 3.05) is 0 Å². The Kier molecular flexibility index (Phi) is 2.57. The lowest BCUT2D eigenvalue weighted by Gasteiger charge is -2.06. The molecular weight excluding hydrogens is 216 g/mol. The van der Waals surface area contributed by atoms with Crippen molar-refractivity contribution in [3.05, 3.63) is 36.4 Å². The molecular formula is C10H8O4S. The summed E-state index contributed by atoms with van der Waals surface area (Å²) in [7, 11) is 0. The summed E-state index contributed by atoms with van der Waals surface area (Å²) >= 11 is -2.36. The van der Waals surface area contributed by atoms with Crippen LogP contribution in [0.3, 0.4) is 0 Å². The molecule has 0 aliphatic heterocycles. The van der Waals surface area contributed by atoms with Gasteiger partial charge in [-0.2, -0.15) is 4.21 Å². The van der Waals surface area contributed by atoms with Crippen molar-refractivity contribution < 1.29 is 18.1 Å². The number of fused-ring (bicyclic) bond motifs is 1. The van der Waals surface area contributed by atoms with Gasteiger partial charge in [-0.15, -0.1) is 0 Å². The summed E-state index contributed by atoms with van der Waals surface area (Å²) in [6, 6.07) is 9.81. The smallest absolute Gasteiger partial charge is 0.357 e. The average Bonchev–Trinajstić information content (AvgIpc) is 2.22. The summed E-state index contributed by atoms with van der Waals surface area (Å²) in [5.74, 6) is 0.380. The summed E-state index contributed by atoms with van der Waals surface area (Å²) in [5.41, 5.74) is 0. The average molecular weight is 224 g/mol. The van der Waals surface area contributed by atoms with Crippen LogP contribution in [-0.4, -0.2) is 13.9 Å². The van der Waals surface area contributed by atoms with Gasteiger partial charge in [-0.05, 0) is 12.1 Å². The topological polar surface area (TPSA) is 66.8 Å². The second kappa shape index (κ2) is 3.88. The molecule has 2 aromatic rings. The number of benzene rings is 2. The monoisotopic (exact) mass is 224 g/mol. The molecule has 0 radical (unpaired) electrons. The van der Waals surface area contributed by atoms with E-state index in [0.717, 1.165) is 0 Å². The van der Waals surface area contributed by atoms with Gasteiger partial charge in [0.05, 0.1) is 0 Å². The molecule has 15 heavy (non-hydrogen) atoms. The summed E-state index contributed by atoms with van der Waals surface area (Å²) in [5, 5.41) is 10.7. The van der Waals surface area contributed by atoms with E-state index in [4.69, 9.17) is 8.74 Å². The van der Waals surface area contributed by atoms with Gasteiger partial charge in [0.1, 0.15) is 5.75 Å². The van der Waals surface area contributed by atoms with Gasteiger partial charge in [-0.25, -0.2) is 0 Å². The van der Waals surface area contributed by atoms with Crippen molar-refractivity contribution in [1.29, 1.82) is 0 Å². The minimum absolute atomic E-state index is 0.113. The fraction of sp³-hybridized carbons (Fsp3) is 0. The first kappa shape index (κ1) is 9.95. The summed E-state index contributed by atoms with van der Waals surface area (Å²) in [4.78, 5) is 0. The van der Waals surface area contributed by atoms with Crippen LogP contribution in [0.5, 0.6) is 11.5 Å². The molecule has 0 aromatic heterocycles. The highest BCUT2D eigenvalue weighted by Gasteiger charge is 2.07. The largest absolute Gasteiger partial charge is 0.507 e. The van der Waals surface area contributed by atoms with E-state index < -0.39 is 11.4 Å². The SMILES string of the molecule is O=S(O)Oc1ccc(O)c2ccccc12. The van der Waals surface area contributed by atoms with Gasteiger partial charge in [0.2, 0.25) is 0 Å². The maximum Gasteiger partial charge on any atom is 0.357 e. The third-order valence-electron chi connectivity index (χ3n) is 2.02. The first-order valence-corrected chi connectivity index (χ1v) is 5.21. The van der Waals surface area contributed by atoms with Crippen molar-refractivity contribution in [1.82, 2.24) is 0 Å². The van der Waals surface area contributed by atoms with E-state index in [9.17, 15) is 9.32 Å². The van der Waals surface area contributed by atoms with Gasteiger partial charge in [-0.3, -0.25) is 4.55 Å². The standard InChI is InChI=1S/C10H8O4S/c11-9-5-6-10(14-15(12)13)8-4-2-1-3-7(8)9/h1-6,11H,(H,12,13). The Morgan fingerprint density at radius 2 is 1.73 bits per heavy atom. The lowest BCUT2D eigenvalue weighted by Crippen LogP contribution is -1.97. The van der Waals surface area contributed by atoms with Gasteiger partial charge in [0, 0.05) is 10.8 Å². The molecule has 2 aromatic carbocycles. The third-order valence-corrected chi connectivity index (χ3v) is 2.34. The first-order chi connectivity index (χ1) is 7.18. The second-order valence-electron chi connectivity index (χ2n) is 2.93. The molecule has 0 heterocycles. The van der Waals surface area contributed by atoms with E-state index in [1.807, 2.05) is 0 Å². The molecule has 2 N–H and O–H groups in total. The van der Waals surface area contributed by atoms with E-state index in [1.165, 1.54) is 12.1 Å². The van der Waals surface area contributed by atoms with E-state index in [1.54, 1.807) is 24.3 Å². The Labute approximate surface area is 88.6 Å². The fourth-order valence-corrected chi connectivity index (χ4v) is 1.70. The molecule has 78 valence electrons. The third kappa shape index (κ3) is 1.93. The Morgan fingerprint density at radius 3 is 2.40 bits per heavy atom. The van der Waals surface area contributed by atoms with Crippen LogP contribution in [0.4, 0.5) is 0 Å². The highest BCUT2D eigenvalue weighted by atomic mass is 32.2. The molecule has 0 bridgehead atoms. The maximum atomic E-state index is 10.5. The van der Waals surface area contributed by atoms with Crippen molar-refractivity contribution in [3.8, 4) is 11.5 Å². The molecule has 5 heteroatoms. The molecule has 2 rings (SSSR count). The van der Waals surface area contributed by atoms with E-state index >= 15 is 0 Å². The number of phenols is 1. The van der Waals surface area contributed by atoms with Gasteiger partial charge in [0.25, 0.3) is 0 Å². The maximum absolute atomic E-state index is 10.5. The number of rotatable bonds is 2. The van der Waals surface area contributed by atoms with Crippen molar-refractivity contribution in [2.45, 2.75) is 0 Å². The van der Waals surface area contributed by atoms with Crippen LogP contribution in [0.2, 0.25) is 0 Å². The molecule has 0 saturated heterocycles. The Hall–Kier alpha value is -1.59. The Bertz CT molecular complexity index is 524. The number of hydrogen-bond acceptors (Lipinski definition) is 3. The quantitative estimate of drug-likeness (QED) is 0.766. The zero-order chi connectivity index (χ0) is 10.8. The van der Waals surface area contributed by atoms with Crippen LogP contribution in [0, 0.1) is 0 Å². The van der Waals surface area contributed by atoms with Gasteiger partial charge < -0.3 is 9.29 Å². The van der Waals surface area contributed by atoms with Gasteiger partial charge in [0.15, 0.2) is 5.75 Å². The molecule has 1 atom stereocenters. The summed E-state index contributed by atoms with van der Waals surface area (Å²) in [6.45, 7) is 0. The lowest BCUT2D eigenvalue weighted by molar-refractivity contribution is 0.457. The molecule has 1 unspecified atom stereocenters. The fourth-order valence-electron chi connectivity index (χ4n) is 1.40. The van der Waals surface area contributed by atoms with Crippen molar-refractivity contribution in [2.24, 2.45) is 0 Å². The minimum Gasteiger partial charge on any atom is -0.507 e. The molecule has 0 saturated carbocycles. The summed E-state index contributed by atoms with van der Waals surface area (Å²) < 4.78 is 23.8. The molecule has 4 nitrogen and oxygen atoms in total. The van der Waals surface area contributed by atoms with Crippen LogP contribution in [0.15, 0.2) is 36.4 Å². The second-order valence-corrected chi connectivity index (χ2v) is 3.53. The zero-order valence-electron chi connectivity index (χ0n) is 7.58. The van der Waals surface area contributed by atoms with Crippen LogP contribution >= 0.6 is 0 Å². The van der Waals surface area contributed by atoms with Crippen LogP contribution in [0.25, 0.3) is 10.8 Å². The van der Waals surface area contributed by atoms with Crippen LogP contribution in [-0.2, 0) is 11.4 Å². The highest BCUT2D eigenvalue weighted by Crippen LogP contribution is 2.32. The highest BCUT2D eigenvalue weighted by molar-refractivity contribution is 7.74. The predicted octanol–water partition coefficient (Wildman–Crippen LogP) is 2.06. The van der Waals surface area contributed by atoms with E-state index in [-0.39, 0.29) is 11.5 Å². The molecule has 0 aliphatic rings. The molecule has 0 amide bonds. The lowest BCUT2D eigenvalue weighted by atomic mass is 10.1. The van der Waals surface area contributed by atoms with E-state index in [0.29, 0.717) is 10.8 Å². The normalized spacial score (nSPS) is 12.6. The Morgan fingerprint density at radius 1 is 1.07 bits per heavy atom. The molecule has 0 aliphatic carbocycles. The predicted molar refractivity (Wildman–Crippen MR) is 57.0 cm³/mol.